The number of benzene rings is 2. The summed E-state index contributed by atoms with van der Waals surface area (Å²) in [4.78, 5) is 11.7. The number of hydrogen-bond donors (Lipinski definition) is 0. The van der Waals surface area contributed by atoms with Crippen molar-refractivity contribution in [2.45, 2.75) is 6.92 Å². The Hall–Kier alpha value is -2.29. The van der Waals surface area contributed by atoms with E-state index >= 15 is 0 Å². The molecule has 3 nitrogen and oxygen atoms in total. The highest BCUT2D eigenvalue weighted by Gasteiger charge is 2.13. The maximum absolute atomic E-state index is 11.7. The Bertz CT molecular complexity index is 753. The maximum atomic E-state index is 11.7. The molecule has 0 unspecified atom stereocenters. The highest BCUT2D eigenvalue weighted by Crippen LogP contribution is 2.30. The molecule has 0 aliphatic heterocycles. The summed E-state index contributed by atoms with van der Waals surface area (Å²) in [5.41, 5.74) is 1.38. The largest absolute Gasteiger partial charge is 0.465 e. The zero-order valence-corrected chi connectivity index (χ0v) is 10.2. The Labute approximate surface area is 104 Å². The van der Waals surface area contributed by atoms with Crippen LogP contribution in [-0.4, -0.2) is 13.1 Å². The Morgan fingerprint density at radius 3 is 2.78 bits per heavy atom. The minimum atomic E-state index is -0.330. The molecule has 0 saturated heterocycles. The van der Waals surface area contributed by atoms with Gasteiger partial charge in [0.05, 0.1) is 12.7 Å². The molecular formula is C15H12O3. The first-order valence-corrected chi connectivity index (χ1v) is 5.71. The smallest absolute Gasteiger partial charge is 0.338 e. The van der Waals surface area contributed by atoms with Gasteiger partial charge in [-0.05, 0) is 24.4 Å². The molecule has 0 bridgehead atoms. The summed E-state index contributed by atoms with van der Waals surface area (Å²) in [5.74, 6) is 0.532. The van der Waals surface area contributed by atoms with Crippen LogP contribution in [0.5, 0.6) is 0 Å². The molecule has 3 aromatic rings. The summed E-state index contributed by atoms with van der Waals surface area (Å²) in [6.45, 7) is 1.91. The van der Waals surface area contributed by atoms with Crippen molar-refractivity contribution >= 4 is 27.7 Å². The van der Waals surface area contributed by atoms with E-state index in [0.717, 1.165) is 27.5 Å². The van der Waals surface area contributed by atoms with Crippen molar-refractivity contribution in [3.05, 3.63) is 47.7 Å². The molecule has 0 amide bonds. The number of furan rings is 1. The molecule has 0 saturated carbocycles. The molecule has 1 aromatic heterocycles. The van der Waals surface area contributed by atoms with Crippen molar-refractivity contribution in [3.8, 4) is 0 Å². The fourth-order valence-corrected chi connectivity index (χ4v) is 2.27. The molecule has 0 fully saturated rings. The molecule has 90 valence electrons. The van der Waals surface area contributed by atoms with E-state index in [9.17, 15) is 4.79 Å². The minimum Gasteiger partial charge on any atom is -0.465 e. The predicted octanol–water partition coefficient (Wildman–Crippen LogP) is 3.68. The average molecular weight is 240 g/mol. The Morgan fingerprint density at radius 1 is 1.17 bits per heavy atom. The molecule has 18 heavy (non-hydrogen) atoms. The van der Waals surface area contributed by atoms with Crippen LogP contribution in [0.2, 0.25) is 0 Å². The lowest BCUT2D eigenvalue weighted by molar-refractivity contribution is 0.0603. The molecule has 0 aliphatic rings. The SMILES string of the molecule is COC(=O)c1cccc2c1ccc1cc(C)oc12. The van der Waals surface area contributed by atoms with Gasteiger partial charge in [0.15, 0.2) is 0 Å². The fraction of sp³-hybridized carbons (Fsp3) is 0.133. The average Bonchev–Trinajstić information content (AvgIpc) is 2.77. The number of carbonyl (C=O) groups excluding carboxylic acids is 1. The number of fused-ring (bicyclic) bond motifs is 3. The van der Waals surface area contributed by atoms with Gasteiger partial charge >= 0.3 is 5.97 Å². The number of hydrogen-bond acceptors (Lipinski definition) is 3. The van der Waals surface area contributed by atoms with Crippen LogP contribution in [0, 0.1) is 6.92 Å². The first-order valence-electron chi connectivity index (χ1n) is 5.71. The number of ether oxygens (including phenoxy) is 1. The van der Waals surface area contributed by atoms with Crippen LogP contribution in [0.3, 0.4) is 0 Å². The predicted molar refractivity (Wildman–Crippen MR) is 69.8 cm³/mol. The van der Waals surface area contributed by atoms with Crippen molar-refractivity contribution in [3.63, 3.8) is 0 Å². The first-order chi connectivity index (χ1) is 8.70. The number of carbonyl (C=O) groups is 1. The van der Waals surface area contributed by atoms with Gasteiger partial charge in [-0.15, -0.1) is 0 Å². The first kappa shape index (κ1) is 10.8. The number of rotatable bonds is 1. The van der Waals surface area contributed by atoms with E-state index < -0.39 is 0 Å². The van der Waals surface area contributed by atoms with Crippen LogP contribution in [0.15, 0.2) is 40.8 Å². The van der Waals surface area contributed by atoms with Crippen LogP contribution < -0.4 is 0 Å². The van der Waals surface area contributed by atoms with E-state index in [4.69, 9.17) is 9.15 Å². The molecule has 0 N–H and O–H groups in total. The van der Waals surface area contributed by atoms with Gasteiger partial charge in [-0.25, -0.2) is 4.79 Å². The quantitative estimate of drug-likeness (QED) is 0.609. The lowest BCUT2D eigenvalue weighted by Crippen LogP contribution is -2.01. The number of methoxy groups -OCH3 is 1. The van der Waals surface area contributed by atoms with Gasteiger partial charge in [-0.3, -0.25) is 0 Å². The van der Waals surface area contributed by atoms with Crippen LogP contribution in [0.1, 0.15) is 16.1 Å². The topological polar surface area (TPSA) is 39.4 Å². The molecular weight excluding hydrogens is 228 g/mol. The van der Waals surface area contributed by atoms with Crippen LogP contribution in [-0.2, 0) is 4.74 Å². The summed E-state index contributed by atoms with van der Waals surface area (Å²) >= 11 is 0. The van der Waals surface area contributed by atoms with Gasteiger partial charge in [0, 0.05) is 10.8 Å². The second kappa shape index (κ2) is 3.88. The van der Waals surface area contributed by atoms with Crippen molar-refractivity contribution in [1.29, 1.82) is 0 Å². The van der Waals surface area contributed by atoms with Crippen LogP contribution >= 0.6 is 0 Å². The Kier molecular flexibility index (Phi) is 2.33. The second-order valence-corrected chi connectivity index (χ2v) is 4.23. The van der Waals surface area contributed by atoms with Gasteiger partial charge in [0.25, 0.3) is 0 Å². The summed E-state index contributed by atoms with van der Waals surface area (Å²) in [6, 6.07) is 11.4. The molecule has 0 atom stereocenters. The summed E-state index contributed by atoms with van der Waals surface area (Å²) in [5, 5.41) is 2.83. The van der Waals surface area contributed by atoms with Crippen molar-refractivity contribution in [1.82, 2.24) is 0 Å². The Balaban J connectivity index is 2.42. The highest BCUT2D eigenvalue weighted by atomic mass is 16.5. The van der Waals surface area contributed by atoms with Gasteiger partial charge in [-0.2, -0.15) is 0 Å². The molecule has 1 heterocycles. The van der Waals surface area contributed by atoms with Gasteiger partial charge in [0.1, 0.15) is 11.3 Å². The van der Waals surface area contributed by atoms with Crippen LogP contribution in [0.4, 0.5) is 0 Å². The van der Waals surface area contributed by atoms with Crippen molar-refractivity contribution in [2.75, 3.05) is 7.11 Å². The summed E-state index contributed by atoms with van der Waals surface area (Å²) < 4.78 is 10.5. The second-order valence-electron chi connectivity index (χ2n) is 4.23. The van der Waals surface area contributed by atoms with E-state index in [0.29, 0.717) is 5.56 Å². The zero-order chi connectivity index (χ0) is 12.7. The molecule has 2 aromatic carbocycles. The van der Waals surface area contributed by atoms with E-state index in [1.807, 2.05) is 37.3 Å². The lowest BCUT2D eigenvalue weighted by atomic mass is 10.0. The van der Waals surface area contributed by atoms with E-state index in [1.54, 1.807) is 6.07 Å². The maximum Gasteiger partial charge on any atom is 0.338 e. The van der Waals surface area contributed by atoms with E-state index in [2.05, 4.69) is 0 Å². The fourth-order valence-electron chi connectivity index (χ4n) is 2.27. The third kappa shape index (κ3) is 1.48. The molecule has 0 aliphatic carbocycles. The molecule has 3 heteroatoms. The van der Waals surface area contributed by atoms with E-state index in [-0.39, 0.29) is 5.97 Å². The Morgan fingerprint density at radius 2 is 2.00 bits per heavy atom. The van der Waals surface area contributed by atoms with Gasteiger partial charge < -0.3 is 9.15 Å². The summed E-state index contributed by atoms with van der Waals surface area (Å²) in [7, 11) is 1.39. The third-order valence-electron chi connectivity index (χ3n) is 3.07. The van der Waals surface area contributed by atoms with Gasteiger partial charge in [-0.1, -0.05) is 24.3 Å². The molecule has 0 spiro atoms. The molecule has 3 rings (SSSR count). The number of esters is 1. The van der Waals surface area contributed by atoms with Crippen molar-refractivity contribution < 1.29 is 13.9 Å². The summed E-state index contributed by atoms with van der Waals surface area (Å²) in [6.07, 6.45) is 0. The normalized spacial score (nSPS) is 11.0. The monoisotopic (exact) mass is 240 g/mol. The highest BCUT2D eigenvalue weighted by molar-refractivity contribution is 6.12. The lowest BCUT2D eigenvalue weighted by Gasteiger charge is -2.04. The number of aryl methyl sites for hydroxylation is 1. The zero-order valence-electron chi connectivity index (χ0n) is 10.2. The van der Waals surface area contributed by atoms with Crippen LogP contribution in [0.25, 0.3) is 21.7 Å². The molecule has 0 radical (unpaired) electrons. The van der Waals surface area contributed by atoms with Crippen molar-refractivity contribution in [2.24, 2.45) is 0 Å². The van der Waals surface area contributed by atoms with Gasteiger partial charge in [0.2, 0.25) is 0 Å². The standard InChI is InChI=1S/C15H12O3/c1-9-8-10-6-7-11-12(14(10)18-9)4-3-5-13(11)15(16)17-2/h3-8H,1-2H3. The minimum absolute atomic E-state index is 0.330. The van der Waals surface area contributed by atoms with E-state index in [1.165, 1.54) is 7.11 Å². The third-order valence-corrected chi connectivity index (χ3v) is 3.07.